The second-order valence-electron chi connectivity index (χ2n) is 5.49. The zero-order valence-corrected chi connectivity index (χ0v) is 14.1. The van der Waals surface area contributed by atoms with Crippen LogP contribution in [0.4, 0.5) is 14.5 Å². The number of aliphatic hydroxyl groups excluding tert-OH is 1. The Kier molecular flexibility index (Phi) is 5.24. The molecule has 3 N–H and O–H groups in total. The summed E-state index contributed by atoms with van der Waals surface area (Å²) in [4.78, 5) is 23.6. The number of fused-ring (bicyclic) bond motifs is 1. The van der Waals surface area contributed by atoms with Gasteiger partial charge in [-0.3, -0.25) is 9.59 Å². The molecule has 0 unspecified atom stereocenters. The van der Waals surface area contributed by atoms with Crippen molar-refractivity contribution in [1.82, 2.24) is 5.32 Å². The predicted molar refractivity (Wildman–Crippen MR) is 94.8 cm³/mol. The van der Waals surface area contributed by atoms with Crippen LogP contribution in [0.25, 0.3) is 10.1 Å². The fourth-order valence-electron chi connectivity index (χ4n) is 2.41. The Morgan fingerprint density at radius 3 is 2.69 bits per heavy atom. The number of halogens is 2. The molecule has 0 bridgehead atoms. The molecule has 0 aliphatic rings. The monoisotopic (exact) mass is 376 g/mol. The van der Waals surface area contributed by atoms with Gasteiger partial charge in [-0.15, -0.1) is 11.3 Å². The molecule has 1 aromatic heterocycles. The highest BCUT2D eigenvalue weighted by molar-refractivity contribution is 7.17. The third kappa shape index (κ3) is 3.87. The predicted octanol–water partition coefficient (Wildman–Crippen LogP) is 2.97. The van der Waals surface area contributed by atoms with Crippen LogP contribution in [0, 0.1) is 11.6 Å². The maximum Gasteiger partial charge on any atom is 0.313 e. The van der Waals surface area contributed by atoms with Crippen molar-refractivity contribution in [3.05, 3.63) is 65.0 Å². The van der Waals surface area contributed by atoms with Gasteiger partial charge in [-0.2, -0.15) is 0 Å². The molecule has 0 aliphatic carbocycles. The van der Waals surface area contributed by atoms with Crippen LogP contribution in [0.1, 0.15) is 11.7 Å². The first-order valence-electron chi connectivity index (χ1n) is 7.64. The van der Waals surface area contributed by atoms with Gasteiger partial charge < -0.3 is 15.7 Å². The summed E-state index contributed by atoms with van der Waals surface area (Å²) < 4.78 is 27.6. The Morgan fingerprint density at radius 1 is 1.12 bits per heavy atom. The van der Waals surface area contributed by atoms with Gasteiger partial charge in [-0.25, -0.2) is 8.78 Å². The number of hydrogen-bond acceptors (Lipinski definition) is 4. The summed E-state index contributed by atoms with van der Waals surface area (Å²) in [6.07, 6.45) is -1.01. The molecule has 2 amide bonds. The molecule has 5 nitrogen and oxygen atoms in total. The van der Waals surface area contributed by atoms with Gasteiger partial charge in [0.2, 0.25) is 0 Å². The van der Waals surface area contributed by atoms with Crippen LogP contribution in [0.5, 0.6) is 0 Å². The highest BCUT2D eigenvalue weighted by Gasteiger charge is 2.19. The topological polar surface area (TPSA) is 78.4 Å². The Labute approximate surface area is 151 Å². The van der Waals surface area contributed by atoms with Crippen LogP contribution in [0.2, 0.25) is 0 Å². The number of aliphatic hydroxyl groups is 1. The Bertz CT molecular complexity index is 974. The van der Waals surface area contributed by atoms with Crippen LogP contribution in [-0.2, 0) is 9.59 Å². The minimum Gasteiger partial charge on any atom is -0.387 e. The second-order valence-corrected chi connectivity index (χ2v) is 6.40. The average Bonchev–Trinajstić information content (AvgIpc) is 3.06. The lowest BCUT2D eigenvalue weighted by atomic mass is 10.1. The van der Waals surface area contributed by atoms with Crippen molar-refractivity contribution in [2.75, 3.05) is 11.9 Å². The molecule has 8 heteroatoms. The molecule has 1 heterocycles. The first kappa shape index (κ1) is 18.0. The van der Waals surface area contributed by atoms with Crippen molar-refractivity contribution < 1.29 is 23.5 Å². The zero-order chi connectivity index (χ0) is 18.7. The number of nitrogens with one attached hydrogen (secondary N) is 2. The summed E-state index contributed by atoms with van der Waals surface area (Å²) in [7, 11) is 0. The summed E-state index contributed by atoms with van der Waals surface area (Å²) in [5.41, 5.74) is 0.206. The van der Waals surface area contributed by atoms with Crippen LogP contribution in [0.3, 0.4) is 0 Å². The van der Waals surface area contributed by atoms with E-state index in [0.29, 0.717) is 5.56 Å². The van der Waals surface area contributed by atoms with E-state index in [0.717, 1.165) is 28.3 Å². The molecule has 1 atom stereocenters. The minimum absolute atomic E-state index is 0.196. The lowest BCUT2D eigenvalue weighted by molar-refractivity contribution is -0.136. The lowest BCUT2D eigenvalue weighted by Gasteiger charge is -2.12. The SMILES string of the molecule is O=C(NC[C@H](O)c1csc2ccccc12)C(=O)Nc1cc(F)ccc1F. The van der Waals surface area contributed by atoms with E-state index in [2.05, 4.69) is 5.32 Å². The van der Waals surface area contributed by atoms with Crippen molar-refractivity contribution >= 4 is 38.9 Å². The molecule has 134 valence electrons. The van der Waals surface area contributed by atoms with Crippen molar-refractivity contribution in [3.8, 4) is 0 Å². The summed E-state index contributed by atoms with van der Waals surface area (Å²) in [5.74, 6) is -3.83. The van der Waals surface area contributed by atoms with E-state index in [4.69, 9.17) is 0 Å². The van der Waals surface area contributed by atoms with E-state index in [1.165, 1.54) is 11.3 Å². The van der Waals surface area contributed by atoms with Gasteiger partial charge in [-0.1, -0.05) is 18.2 Å². The molecule has 0 radical (unpaired) electrons. The normalized spacial score (nSPS) is 12.0. The Morgan fingerprint density at radius 2 is 1.88 bits per heavy atom. The molecular weight excluding hydrogens is 362 g/mol. The van der Waals surface area contributed by atoms with Gasteiger partial charge in [-0.05, 0) is 29.0 Å². The maximum absolute atomic E-state index is 13.5. The minimum atomic E-state index is -1.16. The van der Waals surface area contributed by atoms with E-state index in [1.54, 1.807) is 5.38 Å². The number of carbonyl (C=O) groups is 2. The molecule has 3 rings (SSSR count). The second kappa shape index (κ2) is 7.59. The van der Waals surface area contributed by atoms with E-state index < -0.39 is 35.2 Å². The van der Waals surface area contributed by atoms with Crippen molar-refractivity contribution in [3.63, 3.8) is 0 Å². The number of benzene rings is 2. The molecule has 0 fully saturated rings. The maximum atomic E-state index is 13.5. The third-order valence-corrected chi connectivity index (χ3v) is 4.69. The van der Waals surface area contributed by atoms with Gasteiger partial charge in [0.25, 0.3) is 0 Å². The van der Waals surface area contributed by atoms with Crippen LogP contribution < -0.4 is 10.6 Å². The van der Waals surface area contributed by atoms with Gasteiger partial charge in [0.05, 0.1) is 11.8 Å². The highest BCUT2D eigenvalue weighted by atomic mass is 32.1. The summed E-state index contributed by atoms with van der Waals surface area (Å²) in [6.45, 7) is -0.196. The summed E-state index contributed by atoms with van der Waals surface area (Å²) >= 11 is 1.46. The van der Waals surface area contributed by atoms with Crippen molar-refractivity contribution in [1.29, 1.82) is 0 Å². The first-order valence-corrected chi connectivity index (χ1v) is 8.52. The average molecular weight is 376 g/mol. The molecule has 0 saturated heterocycles. The smallest absolute Gasteiger partial charge is 0.313 e. The van der Waals surface area contributed by atoms with Crippen LogP contribution in [0.15, 0.2) is 47.8 Å². The molecule has 0 saturated carbocycles. The lowest BCUT2D eigenvalue weighted by Crippen LogP contribution is -2.37. The third-order valence-electron chi connectivity index (χ3n) is 3.71. The number of thiophene rings is 1. The van der Waals surface area contributed by atoms with Gasteiger partial charge >= 0.3 is 11.8 Å². The number of amides is 2. The van der Waals surface area contributed by atoms with E-state index in [-0.39, 0.29) is 6.54 Å². The number of carbonyl (C=O) groups excluding carboxylic acids is 2. The van der Waals surface area contributed by atoms with Crippen LogP contribution in [-0.4, -0.2) is 23.5 Å². The molecule has 2 aromatic carbocycles. The highest BCUT2D eigenvalue weighted by Crippen LogP contribution is 2.29. The van der Waals surface area contributed by atoms with E-state index >= 15 is 0 Å². The first-order chi connectivity index (χ1) is 12.5. The molecule has 26 heavy (non-hydrogen) atoms. The van der Waals surface area contributed by atoms with Crippen LogP contribution >= 0.6 is 11.3 Å². The number of hydrogen-bond donors (Lipinski definition) is 3. The van der Waals surface area contributed by atoms with Crippen molar-refractivity contribution in [2.24, 2.45) is 0 Å². The van der Waals surface area contributed by atoms with Gasteiger partial charge in [0.1, 0.15) is 11.6 Å². The molecule has 0 spiro atoms. The number of anilines is 1. The largest absolute Gasteiger partial charge is 0.387 e. The number of rotatable bonds is 4. The Balaban J connectivity index is 1.61. The van der Waals surface area contributed by atoms with Gasteiger partial charge in [0, 0.05) is 22.9 Å². The van der Waals surface area contributed by atoms with Crippen molar-refractivity contribution in [2.45, 2.75) is 6.10 Å². The summed E-state index contributed by atoms with van der Waals surface area (Å²) in [5, 5.41) is 17.2. The standard InChI is InChI=1S/C18H14F2N2O3S/c19-10-5-6-13(20)14(7-10)22-18(25)17(24)21-8-15(23)12-9-26-16-4-2-1-3-11(12)16/h1-7,9,15,23H,8H2,(H,21,24)(H,22,25)/t15-/m0/s1. The molecule has 3 aromatic rings. The Hall–Kier alpha value is -2.84. The summed E-state index contributed by atoms with van der Waals surface area (Å²) in [6, 6.07) is 9.99. The molecular formula is C18H14F2N2O3S. The fraction of sp³-hybridized carbons (Fsp3) is 0.111. The van der Waals surface area contributed by atoms with E-state index in [9.17, 15) is 23.5 Å². The fourth-order valence-corrected chi connectivity index (χ4v) is 3.42. The molecule has 0 aliphatic heterocycles. The quantitative estimate of drug-likeness (QED) is 0.613. The van der Waals surface area contributed by atoms with E-state index in [1.807, 2.05) is 29.6 Å². The van der Waals surface area contributed by atoms with Gasteiger partial charge in [0.15, 0.2) is 0 Å². The zero-order valence-electron chi connectivity index (χ0n) is 13.3.